The van der Waals surface area contributed by atoms with E-state index in [1.165, 1.54) is 0 Å². The van der Waals surface area contributed by atoms with Crippen LogP contribution < -0.4 is 10.2 Å². The van der Waals surface area contributed by atoms with Gasteiger partial charge in [0, 0.05) is 24.3 Å². The van der Waals surface area contributed by atoms with E-state index < -0.39 is 0 Å². The fourth-order valence-corrected chi connectivity index (χ4v) is 3.38. The summed E-state index contributed by atoms with van der Waals surface area (Å²) in [4.78, 5) is 14.5. The Hall–Kier alpha value is -3.25. The van der Waals surface area contributed by atoms with Crippen molar-refractivity contribution < 1.29 is 9.53 Å². The number of aromatic nitrogens is 2. The van der Waals surface area contributed by atoms with Crippen molar-refractivity contribution in [1.29, 1.82) is 0 Å². The largest absolute Gasteiger partial charge is 0.378 e. The number of carbonyl (C=O) groups is 1. The Kier molecular flexibility index (Phi) is 5.81. The number of nitrogens with one attached hydrogen (secondary N) is 1. The number of carbonyl (C=O) groups excluding carboxylic acids is 1. The number of anilines is 2. The highest BCUT2D eigenvalue weighted by atomic mass is 16.5. The van der Waals surface area contributed by atoms with Crippen molar-refractivity contribution in [3.8, 4) is 11.3 Å². The number of nitrogens with zero attached hydrogens (tertiary/aromatic N) is 3. The molecule has 0 saturated carbocycles. The van der Waals surface area contributed by atoms with Crippen LogP contribution >= 0.6 is 0 Å². The standard InChI is InChI=1S/C23H24N4O2/c1-17-3-2-4-18(15-17)16-23(28)24-20-7-5-19(6-8-20)21-9-10-22(26-25-21)27-11-13-29-14-12-27/h2-10,15H,11-14,16H2,1H3,(H,24,28). The highest BCUT2D eigenvalue weighted by Gasteiger charge is 2.13. The fourth-order valence-electron chi connectivity index (χ4n) is 3.38. The molecule has 1 saturated heterocycles. The molecule has 1 aliphatic rings. The summed E-state index contributed by atoms with van der Waals surface area (Å²) in [6, 6.07) is 19.6. The minimum Gasteiger partial charge on any atom is -0.378 e. The van der Waals surface area contributed by atoms with Crippen molar-refractivity contribution in [2.75, 3.05) is 36.5 Å². The Morgan fingerprint density at radius 3 is 2.52 bits per heavy atom. The SMILES string of the molecule is Cc1cccc(CC(=O)Nc2ccc(-c3ccc(N4CCOCC4)nn3)cc2)c1. The topological polar surface area (TPSA) is 67.4 Å². The second-order valence-electron chi connectivity index (χ2n) is 7.17. The molecule has 1 aliphatic heterocycles. The highest BCUT2D eigenvalue weighted by Crippen LogP contribution is 2.21. The van der Waals surface area contributed by atoms with Gasteiger partial charge in [-0.15, -0.1) is 10.2 Å². The Bertz CT molecular complexity index is 965. The van der Waals surface area contributed by atoms with Crippen LogP contribution in [0.1, 0.15) is 11.1 Å². The Morgan fingerprint density at radius 1 is 1.03 bits per heavy atom. The minimum absolute atomic E-state index is 0.0296. The minimum atomic E-state index is -0.0296. The predicted octanol–water partition coefficient (Wildman–Crippen LogP) is 3.47. The molecule has 29 heavy (non-hydrogen) atoms. The number of rotatable bonds is 5. The van der Waals surface area contributed by atoms with Gasteiger partial charge in [-0.05, 0) is 36.8 Å². The third-order valence-electron chi connectivity index (χ3n) is 4.90. The third-order valence-corrected chi connectivity index (χ3v) is 4.90. The van der Waals surface area contributed by atoms with E-state index in [2.05, 4.69) is 20.4 Å². The van der Waals surface area contributed by atoms with Crippen molar-refractivity contribution >= 4 is 17.4 Å². The monoisotopic (exact) mass is 388 g/mol. The molecule has 3 aromatic rings. The first-order valence-electron chi connectivity index (χ1n) is 9.80. The number of aryl methyl sites for hydroxylation is 1. The Labute approximate surface area is 170 Å². The lowest BCUT2D eigenvalue weighted by atomic mass is 10.1. The zero-order chi connectivity index (χ0) is 20.1. The number of ether oxygens (including phenoxy) is 1. The number of hydrogen-bond donors (Lipinski definition) is 1. The first-order chi connectivity index (χ1) is 14.2. The van der Waals surface area contributed by atoms with Crippen molar-refractivity contribution in [2.45, 2.75) is 13.3 Å². The molecule has 0 spiro atoms. The van der Waals surface area contributed by atoms with Gasteiger partial charge in [0.15, 0.2) is 5.82 Å². The molecule has 1 N–H and O–H groups in total. The van der Waals surface area contributed by atoms with Gasteiger partial charge in [0.1, 0.15) is 0 Å². The van der Waals surface area contributed by atoms with Gasteiger partial charge in [-0.25, -0.2) is 0 Å². The summed E-state index contributed by atoms with van der Waals surface area (Å²) in [7, 11) is 0. The lowest BCUT2D eigenvalue weighted by molar-refractivity contribution is -0.115. The first kappa shape index (κ1) is 19.1. The molecule has 1 aromatic heterocycles. The summed E-state index contributed by atoms with van der Waals surface area (Å²) in [5.41, 5.74) is 4.70. The second kappa shape index (κ2) is 8.84. The Morgan fingerprint density at radius 2 is 1.83 bits per heavy atom. The molecule has 4 rings (SSSR count). The first-order valence-corrected chi connectivity index (χ1v) is 9.80. The summed E-state index contributed by atoms with van der Waals surface area (Å²) in [5.74, 6) is 0.843. The van der Waals surface area contributed by atoms with Gasteiger partial charge in [-0.1, -0.05) is 42.0 Å². The van der Waals surface area contributed by atoms with Crippen LogP contribution in [0.3, 0.4) is 0 Å². The van der Waals surface area contributed by atoms with Gasteiger partial charge in [0.25, 0.3) is 0 Å². The molecule has 0 bridgehead atoms. The van der Waals surface area contributed by atoms with E-state index in [4.69, 9.17) is 4.74 Å². The van der Waals surface area contributed by atoms with Crippen LogP contribution in [0.25, 0.3) is 11.3 Å². The molecule has 148 valence electrons. The van der Waals surface area contributed by atoms with Gasteiger partial charge < -0.3 is 15.0 Å². The van der Waals surface area contributed by atoms with Crippen molar-refractivity contribution in [1.82, 2.24) is 10.2 Å². The number of morpholine rings is 1. The molecular weight excluding hydrogens is 364 g/mol. The lowest BCUT2D eigenvalue weighted by Crippen LogP contribution is -2.36. The smallest absolute Gasteiger partial charge is 0.228 e. The van der Waals surface area contributed by atoms with Crippen LogP contribution in [0.15, 0.2) is 60.7 Å². The summed E-state index contributed by atoms with van der Waals surface area (Å²) in [6.45, 7) is 5.15. The maximum Gasteiger partial charge on any atom is 0.228 e. The molecule has 0 atom stereocenters. The van der Waals surface area contributed by atoms with E-state index in [-0.39, 0.29) is 5.91 Å². The van der Waals surface area contributed by atoms with E-state index in [1.807, 2.05) is 67.6 Å². The van der Waals surface area contributed by atoms with Crippen LogP contribution in [0.2, 0.25) is 0 Å². The van der Waals surface area contributed by atoms with Gasteiger partial charge >= 0.3 is 0 Å². The molecule has 6 nitrogen and oxygen atoms in total. The third kappa shape index (κ3) is 4.97. The zero-order valence-electron chi connectivity index (χ0n) is 16.5. The van der Waals surface area contributed by atoms with Crippen LogP contribution in [0.5, 0.6) is 0 Å². The van der Waals surface area contributed by atoms with Crippen molar-refractivity contribution in [2.24, 2.45) is 0 Å². The van der Waals surface area contributed by atoms with Crippen LogP contribution in [0, 0.1) is 6.92 Å². The number of benzene rings is 2. The number of hydrogen-bond acceptors (Lipinski definition) is 5. The van der Waals surface area contributed by atoms with Crippen LogP contribution in [0.4, 0.5) is 11.5 Å². The molecule has 2 heterocycles. The van der Waals surface area contributed by atoms with Gasteiger partial charge in [0.05, 0.1) is 25.3 Å². The second-order valence-corrected chi connectivity index (χ2v) is 7.17. The van der Waals surface area contributed by atoms with E-state index in [0.717, 1.165) is 60.2 Å². The summed E-state index contributed by atoms with van der Waals surface area (Å²) >= 11 is 0. The number of amides is 1. The molecule has 0 radical (unpaired) electrons. The molecule has 0 aliphatic carbocycles. The van der Waals surface area contributed by atoms with Crippen LogP contribution in [-0.2, 0) is 16.0 Å². The molecular formula is C23H24N4O2. The maximum absolute atomic E-state index is 12.3. The van der Waals surface area contributed by atoms with E-state index in [1.54, 1.807) is 0 Å². The quantitative estimate of drug-likeness (QED) is 0.725. The van der Waals surface area contributed by atoms with E-state index >= 15 is 0 Å². The van der Waals surface area contributed by atoms with Gasteiger partial charge in [-0.3, -0.25) is 4.79 Å². The average molecular weight is 388 g/mol. The van der Waals surface area contributed by atoms with Gasteiger partial charge in [0.2, 0.25) is 5.91 Å². The summed E-state index contributed by atoms with van der Waals surface area (Å²) < 4.78 is 5.37. The summed E-state index contributed by atoms with van der Waals surface area (Å²) in [5, 5.41) is 11.7. The Balaban J connectivity index is 1.37. The average Bonchev–Trinajstić information content (AvgIpc) is 2.75. The van der Waals surface area contributed by atoms with Crippen molar-refractivity contribution in [3.05, 3.63) is 71.8 Å². The lowest BCUT2D eigenvalue weighted by Gasteiger charge is -2.27. The normalized spacial score (nSPS) is 13.9. The summed E-state index contributed by atoms with van der Waals surface area (Å²) in [6.07, 6.45) is 0.359. The highest BCUT2D eigenvalue weighted by molar-refractivity contribution is 5.92. The molecule has 1 amide bonds. The van der Waals surface area contributed by atoms with Crippen molar-refractivity contribution in [3.63, 3.8) is 0 Å². The maximum atomic E-state index is 12.3. The molecule has 6 heteroatoms. The predicted molar refractivity (Wildman–Crippen MR) is 114 cm³/mol. The molecule has 2 aromatic carbocycles. The molecule has 0 unspecified atom stereocenters. The van der Waals surface area contributed by atoms with Crippen LogP contribution in [-0.4, -0.2) is 42.4 Å². The molecule has 1 fully saturated rings. The zero-order valence-corrected chi connectivity index (χ0v) is 16.5. The van der Waals surface area contributed by atoms with E-state index in [0.29, 0.717) is 6.42 Å². The van der Waals surface area contributed by atoms with Gasteiger partial charge in [-0.2, -0.15) is 0 Å². The van der Waals surface area contributed by atoms with E-state index in [9.17, 15) is 4.79 Å². The fraction of sp³-hybridized carbons (Fsp3) is 0.261.